The molecule has 0 amide bonds. The standard InChI is InChI=1S/C21H32FN3/c1-21(2)15-9-13(10-16(21)11-15)12-25-7-5-14(6-8-25)19-17(22)3-4-18(23)20(19)24/h3-4,13-16H,5-12,23-24H2,1-2H3/t13-,15-,16+. The summed E-state index contributed by atoms with van der Waals surface area (Å²) in [6.45, 7) is 8.24. The average Bonchev–Trinajstić information content (AvgIpc) is 2.60. The van der Waals surface area contributed by atoms with Crippen LogP contribution in [0.5, 0.6) is 0 Å². The van der Waals surface area contributed by atoms with E-state index in [4.69, 9.17) is 11.5 Å². The Balaban J connectivity index is 1.33. The third kappa shape index (κ3) is 2.92. The summed E-state index contributed by atoms with van der Waals surface area (Å²) in [6.07, 6.45) is 6.23. The molecule has 5 rings (SSSR count). The molecule has 3 atom stereocenters. The highest BCUT2D eigenvalue weighted by Crippen LogP contribution is 2.60. The van der Waals surface area contributed by atoms with Crippen molar-refractivity contribution in [2.45, 2.75) is 51.9 Å². The summed E-state index contributed by atoms with van der Waals surface area (Å²) in [5.74, 6) is 2.76. The molecule has 1 aromatic carbocycles. The van der Waals surface area contributed by atoms with Crippen LogP contribution in [0.25, 0.3) is 0 Å². The van der Waals surface area contributed by atoms with Crippen molar-refractivity contribution in [3.8, 4) is 0 Å². The molecule has 4 fully saturated rings. The van der Waals surface area contributed by atoms with E-state index in [1.807, 2.05) is 0 Å². The van der Waals surface area contributed by atoms with Crippen LogP contribution in [-0.4, -0.2) is 24.5 Å². The van der Waals surface area contributed by atoms with Crippen LogP contribution in [0.3, 0.4) is 0 Å². The number of hydrogen-bond acceptors (Lipinski definition) is 3. The summed E-state index contributed by atoms with van der Waals surface area (Å²) in [5.41, 5.74) is 14.1. The second-order valence-corrected chi connectivity index (χ2v) is 9.33. The highest BCUT2D eigenvalue weighted by molar-refractivity contribution is 5.68. The van der Waals surface area contributed by atoms with Crippen molar-refractivity contribution in [2.75, 3.05) is 31.1 Å². The van der Waals surface area contributed by atoms with Gasteiger partial charge in [-0.05, 0) is 86.4 Å². The maximum Gasteiger partial charge on any atom is 0.128 e. The summed E-state index contributed by atoms with van der Waals surface area (Å²) in [5, 5.41) is 0. The molecule has 138 valence electrons. The third-order valence-corrected chi connectivity index (χ3v) is 7.69. The number of nitrogens with zero attached hydrogens (tertiary/aromatic N) is 1. The van der Waals surface area contributed by atoms with E-state index in [0.717, 1.165) is 43.7 Å². The van der Waals surface area contributed by atoms with E-state index in [1.54, 1.807) is 6.07 Å². The highest BCUT2D eigenvalue weighted by Gasteiger charge is 2.52. The van der Waals surface area contributed by atoms with E-state index < -0.39 is 0 Å². The lowest BCUT2D eigenvalue weighted by Gasteiger charge is -2.59. The SMILES string of the molecule is CC1(C)[C@@H]2C[C@@H](CN3CCC(c4c(F)ccc(N)c4N)CC3)C[C@H]1C2. The van der Waals surface area contributed by atoms with Gasteiger partial charge in [0.05, 0.1) is 11.4 Å². The van der Waals surface area contributed by atoms with Crippen LogP contribution >= 0.6 is 0 Å². The van der Waals surface area contributed by atoms with E-state index in [-0.39, 0.29) is 11.7 Å². The van der Waals surface area contributed by atoms with Crippen molar-refractivity contribution in [3.63, 3.8) is 0 Å². The fourth-order valence-corrected chi connectivity index (χ4v) is 5.78. The molecule has 2 bridgehead atoms. The first-order valence-corrected chi connectivity index (χ1v) is 9.92. The van der Waals surface area contributed by atoms with Crippen molar-refractivity contribution in [3.05, 3.63) is 23.5 Å². The second kappa shape index (κ2) is 6.15. The third-order valence-electron chi connectivity index (χ3n) is 7.69. The molecule has 4 heteroatoms. The number of hydrogen-bond donors (Lipinski definition) is 2. The molecule has 25 heavy (non-hydrogen) atoms. The largest absolute Gasteiger partial charge is 0.397 e. The first-order valence-electron chi connectivity index (χ1n) is 9.92. The Morgan fingerprint density at radius 3 is 2.32 bits per heavy atom. The Labute approximate surface area is 150 Å². The predicted octanol–water partition coefficient (Wildman–Crippen LogP) is 4.24. The van der Waals surface area contributed by atoms with E-state index in [2.05, 4.69) is 18.7 Å². The Bertz CT molecular complexity index is 635. The molecule has 0 spiro atoms. The first-order chi connectivity index (χ1) is 11.9. The van der Waals surface area contributed by atoms with Crippen LogP contribution in [0.4, 0.5) is 15.8 Å². The smallest absolute Gasteiger partial charge is 0.128 e. The number of anilines is 2. The molecule has 3 aliphatic carbocycles. The van der Waals surface area contributed by atoms with Gasteiger partial charge in [0.15, 0.2) is 0 Å². The van der Waals surface area contributed by atoms with Gasteiger partial charge in [-0.25, -0.2) is 4.39 Å². The minimum absolute atomic E-state index is 0.195. The van der Waals surface area contributed by atoms with Crippen LogP contribution in [0.15, 0.2) is 12.1 Å². The van der Waals surface area contributed by atoms with Crippen molar-refractivity contribution in [1.82, 2.24) is 4.90 Å². The van der Waals surface area contributed by atoms with Crippen LogP contribution in [-0.2, 0) is 0 Å². The van der Waals surface area contributed by atoms with Gasteiger partial charge in [-0.15, -0.1) is 0 Å². The fraction of sp³-hybridized carbons (Fsp3) is 0.714. The molecular weight excluding hydrogens is 313 g/mol. The van der Waals surface area contributed by atoms with Crippen molar-refractivity contribution < 1.29 is 4.39 Å². The molecule has 1 aromatic rings. The summed E-state index contributed by atoms with van der Waals surface area (Å²) in [7, 11) is 0. The second-order valence-electron chi connectivity index (χ2n) is 9.33. The Morgan fingerprint density at radius 1 is 1.08 bits per heavy atom. The van der Waals surface area contributed by atoms with Crippen molar-refractivity contribution in [2.24, 2.45) is 23.2 Å². The molecule has 0 radical (unpaired) electrons. The van der Waals surface area contributed by atoms with Gasteiger partial charge in [0.25, 0.3) is 0 Å². The Morgan fingerprint density at radius 2 is 1.72 bits per heavy atom. The maximum absolute atomic E-state index is 14.3. The monoisotopic (exact) mass is 345 g/mol. The van der Waals surface area contributed by atoms with Gasteiger partial charge in [-0.1, -0.05) is 13.8 Å². The van der Waals surface area contributed by atoms with Crippen molar-refractivity contribution >= 4 is 11.4 Å². The molecule has 4 N–H and O–H groups in total. The van der Waals surface area contributed by atoms with Gasteiger partial charge in [-0.2, -0.15) is 0 Å². The lowest BCUT2D eigenvalue weighted by molar-refractivity contribution is -0.0951. The number of benzene rings is 1. The zero-order valence-corrected chi connectivity index (χ0v) is 15.6. The normalized spacial score (nSPS) is 32.4. The summed E-state index contributed by atoms with van der Waals surface area (Å²) in [4.78, 5) is 2.60. The number of rotatable bonds is 3. The molecule has 1 heterocycles. The summed E-state index contributed by atoms with van der Waals surface area (Å²) < 4.78 is 14.3. The first kappa shape index (κ1) is 17.1. The highest BCUT2D eigenvalue weighted by atomic mass is 19.1. The molecule has 1 saturated heterocycles. The Hall–Kier alpha value is -1.29. The van der Waals surface area contributed by atoms with Crippen LogP contribution in [0.2, 0.25) is 0 Å². The number of fused-ring (bicyclic) bond motifs is 2. The number of likely N-dealkylation sites (tertiary alicyclic amines) is 1. The van der Waals surface area contributed by atoms with Crippen LogP contribution < -0.4 is 11.5 Å². The predicted molar refractivity (Wildman–Crippen MR) is 102 cm³/mol. The fourth-order valence-electron chi connectivity index (χ4n) is 5.78. The molecule has 0 aromatic heterocycles. The van der Waals surface area contributed by atoms with E-state index >= 15 is 0 Å². The van der Waals surface area contributed by atoms with E-state index in [9.17, 15) is 4.39 Å². The molecular formula is C21H32FN3. The minimum atomic E-state index is -0.195. The maximum atomic E-state index is 14.3. The van der Waals surface area contributed by atoms with Crippen molar-refractivity contribution in [1.29, 1.82) is 0 Å². The molecule has 1 aliphatic heterocycles. The average molecular weight is 346 g/mol. The van der Waals surface area contributed by atoms with Gasteiger partial charge in [0.1, 0.15) is 5.82 Å². The number of nitrogen functional groups attached to an aromatic ring is 2. The molecule has 3 saturated carbocycles. The van der Waals surface area contributed by atoms with Gasteiger partial charge in [0.2, 0.25) is 0 Å². The quantitative estimate of drug-likeness (QED) is 0.806. The number of halogens is 1. The lowest BCUT2D eigenvalue weighted by atomic mass is 9.47. The summed E-state index contributed by atoms with van der Waals surface area (Å²) >= 11 is 0. The van der Waals surface area contributed by atoms with Gasteiger partial charge in [0, 0.05) is 12.1 Å². The zero-order chi connectivity index (χ0) is 17.8. The van der Waals surface area contributed by atoms with Crippen LogP contribution in [0, 0.1) is 29.0 Å². The number of piperidine rings is 1. The molecule has 0 unspecified atom stereocenters. The molecule has 3 nitrogen and oxygen atoms in total. The van der Waals surface area contributed by atoms with Crippen LogP contribution in [0.1, 0.15) is 57.4 Å². The van der Waals surface area contributed by atoms with Gasteiger partial charge < -0.3 is 16.4 Å². The van der Waals surface area contributed by atoms with Gasteiger partial charge in [-0.3, -0.25) is 0 Å². The van der Waals surface area contributed by atoms with E-state index in [1.165, 1.54) is 31.9 Å². The van der Waals surface area contributed by atoms with E-state index in [0.29, 0.717) is 22.4 Å². The number of nitrogens with two attached hydrogens (primary N) is 2. The topological polar surface area (TPSA) is 55.3 Å². The van der Waals surface area contributed by atoms with Gasteiger partial charge >= 0.3 is 0 Å². The Kier molecular flexibility index (Phi) is 4.22. The summed E-state index contributed by atoms with van der Waals surface area (Å²) in [6, 6.07) is 3.03. The lowest BCUT2D eigenvalue weighted by Crippen LogP contribution is -2.52. The molecule has 4 aliphatic rings. The zero-order valence-electron chi connectivity index (χ0n) is 15.6. The minimum Gasteiger partial charge on any atom is -0.397 e.